The third-order valence-corrected chi connectivity index (χ3v) is 3.84. The number of rotatable bonds is 8. The van der Waals surface area contributed by atoms with Crippen LogP contribution in [0.1, 0.15) is 11.1 Å². The first-order valence-corrected chi connectivity index (χ1v) is 8.31. The summed E-state index contributed by atoms with van der Waals surface area (Å²) in [7, 11) is 3.19. The minimum atomic E-state index is -0.260. The second-order valence-corrected chi connectivity index (χ2v) is 5.69. The van der Waals surface area contributed by atoms with Crippen LogP contribution in [-0.4, -0.2) is 29.4 Å². The van der Waals surface area contributed by atoms with Gasteiger partial charge in [-0.05, 0) is 35.4 Å². The summed E-state index contributed by atoms with van der Waals surface area (Å²) in [6.07, 6.45) is 1.53. The summed E-state index contributed by atoms with van der Waals surface area (Å²) in [5.74, 6) is 2.04. The molecule has 2 aromatic carbocycles. The molecule has 1 heterocycles. The van der Waals surface area contributed by atoms with Gasteiger partial charge in [-0.1, -0.05) is 18.2 Å². The van der Waals surface area contributed by atoms with Gasteiger partial charge in [0.15, 0.2) is 17.3 Å². The molecule has 0 saturated carbocycles. The summed E-state index contributed by atoms with van der Waals surface area (Å²) in [6, 6.07) is 11.9. The van der Waals surface area contributed by atoms with Crippen LogP contribution in [0.2, 0.25) is 0 Å². The Balaban J connectivity index is 1.59. The normalized spacial score (nSPS) is 10.3. The molecule has 3 rings (SSSR count). The Labute approximate surface area is 156 Å². The average molecular weight is 369 g/mol. The Morgan fingerprint density at radius 2 is 1.59 bits per heavy atom. The molecule has 3 aromatic rings. The lowest BCUT2D eigenvalue weighted by Gasteiger charge is -2.11. The van der Waals surface area contributed by atoms with Crippen molar-refractivity contribution in [1.29, 1.82) is 0 Å². The molecule has 0 unspecified atom stereocenters. The highest BCUT2D eigenvalue weighted by atomic mass is 19.1. The summed E-state index contributed by atoms with van der Waals surface area (Å²) in [5, 5.41) is 14.2. The van der Waals surface area contributed by atoms with Gasteiger partial charge in [0.2, 0.25) is 5.95 Å². The molecular formula is C19H20FN5O2. The number of nitrogens with zero attached hydrogens (tertiary/aromatic N) is 3. The molecule has 7 nitrogen and oxygen atoms in total. The molecule has 0 saturated heterocycles. The van der Waals surface area contributed by atoms with E-state index in [-0.39, 0.29) is 5.82 Å². The van der Waals surface area contributed by atoms with Crippen molar-refractivity contribution in [3.63, 3.8) is 0 Å². The van der Waals surface area contributed by atoms with Gasteiger partial charge in [0, 0.05) is 13.1 Å². The van der Waals surface area contributed by atoms with E-state index in [0.29, 0.717) is 36.4 Å². The fourth-order valence-corrected chi connectivity index (χ4v) is 2.43. The molecule has 27 heavy (non-hydrogen) atoms. The Morgan fingerprint density at radius 1 is 0.889 bits per heavy atom. The molecule has 1 aromatic heterocycles. The third kappa shape index (κ3) is 5.04. The number of hydrogen-bond donors (Lipinski definition) is 2. The van der Waals surface area contributed by atoms with Crippen LogP contribution in [-0.2, 0) is 13.1 Å². The maximum absolute atomic E-state index is 12.9. The highest BCUT2D eigenvalue weighted by Gasteiger charge is 2.06. The molecule has 0 aliphatic heterocycles. The number of anilines is 2. The van der Waals surface area contributed by atoms with E-state index < -0.39 is 0 Å². The molecule has 2 N–H and O–H groups in total. The van der Waals surface area contributed by atoms with Gasteiger partial charge in [-0.3, -0.25) is 0 Å². The van der Waals surface area contributed by atoms with Gasteiger partial charge in [0.1, 0.15) is 5.82 Å². The van der Waals surface area contributed by atoms with Crippen molar-refractivity contribution in [3.05, 3.63) is 65.6 Å². The summed E-state index contributed by atoms with van der Waals surface area (Å²) in [4.78, 5) is 4.37. The molecule has 0 radical (unpaired) electrons. The van der Waals surface area contributed by atoms with Gasteiger partial charge >= 0.3 is 0 Å². The largest absolute Gasteiger partial charge is 0.493 e. The van der Waals surface area contributed by atoms with Gasteiger partial charge in [0.05, 0.1) is 20.4 Å². The van der Waals surface area contributed by atoms with Crippen molar-refractivity contribution in [2.75, 3.05) is 24.9 Å². The molecule has 0 aliphatic carbocycles. The SMILES string of the molecule is COc1ccc(CNc2nncc(NCc3ccc(F)cc3)n2)cc1OC. The van der Waals surface area contributed by atoms with E-state index in [1.807, 2.05) is 18.2 Å². The number of hydrogen-bond acceptors (Lipinski definition) is 7. The van der Waals surface area contributed by atoms with E-state index in [4.69, 9.17) is 9.47 Å². The highest BCUT2D eigenvalue weighted by Crippen LogP contribution is 2.27. The van der Waals surface area contributed by atoms with Crippen LogP contribution in [0.25, 0.3) is 0 Å². The summed E-state index contributed by atoms with van der Waals surface area (Å²) < 4.78 is 23.5. The average Bonchev–Trinajstić information content (AvgIpc) is 2.72. The summed E-state index contributed by atoms with van der Waals surface area (Å²) in [6.45, 7) is 1.01. The molecule has 0 fully saturated rings. The van der Waals surface area contributed by atoms with Crippen molar-refractivity contribution in [2.45, 2.75) is 13.1 Å². The van der Waals surface area contributed by atoms with Gasteiger partial charge in [-0.2, -0.15) is 10.1 Å². The molecule has 0 aliphatic rings. The van der Waals surface area contributed by atoms with Crippen molar-refractivity contribution in [2.24, 2.45) is 0 Å². The van der Waals surface area contributed by atoms with E-state index in [1.165, 1.54) is 18.3 Å². The standard InChI is InChI=1S/C19H20FN5O2/c1-26-16-8-5-14(9-17(16)27-2)11-22-19-24-18(12-23-25-19)21-10-13-3-6-15(20)7-4-13/h3-9,12H,10-11H2,1-2H3,(H2,21,22,24,25). The molecule has 8 heteroatoms. The van der Waals surface area contributed by atoms with E-state index >= 15 is 0 Å². The topological polar surface area (TPSA) is 81.2 Å². The van der Waals surface area contributed by atoms with Crippen molar-refractivity contribution in [1.82, 2.24) is 15.2 Å². The van der Waals surface area contributed by atoms with E-state index in [2.05, 4.69) is 25.8 Å². The molecule has 140 valence electrons. The van der Waals surface area contributed by atoms with Crippen molar-refractivity contribution >= 4 is 11.8 Å². The second-order valence-electron chi connectivity index (χ2n) is 5.69. The second kappa shape index (κ2) is 8.79. The molecule has 0 amide bonds. The number of halogens is 1. The number of methoxy groups -OCH3 is 2. The van der Waals surface area contributed by atoms with E-state index in [9.17, 15) is 4.39 Å². The van der Waals surface area contributed by atoms with Crippen LogP contribution in [0.3, 0.4) is 0 Å². The minimum Gasteiger partial charge on any atom is -0.493 e. The van der Waals surface area contributed by atoms with Crippen molar-refractivity contribution in [3.8, 4) is 11.5 Å². The van der Waals surface area contributed by atoms with Crippen LogP contribution < -0.4 is 20.1 Å². The first-order valence-electron chi connectivity index (χ1n) is 8.31. The zero-order valence-electron chi connectivity index (χ0n) is 15.1. The number of aromatic nitrogens is 3. The first-order chi connectivity index (χ1) is 13.2. The first kappa shape index (κ1) is 18.4. The Morgan fingerprint density at radius 3 is 2.33 bits per heavy atom. The van der Waals surface area contributed by atoms with Gasteiger partial charge in [-0.25, -0.2) is 4.39 Å². The monoisotopic (exact) mass is 369 g/mol. The number of nitrogens with one attached hydrogen (secondary N) is 2. The van der Waals surface area contributed by atoms with Gasteiger partial charge in [0.25, 0.3) is 0 Å². The highest BCUT2D eigenvalue weighted by molar-refractivity contribution is 5.44. The van der Waals surface area contributed by atoms with Crippen LogP contribution in [0.15, 0.2) is 48.7 Å². The van der Waals surface area contributed by atoms with Crippen molar-refractivity contribution < 1.29 is 13.9 Å². The summed E-state index contributed by atoms with van der Waals surface area (Å²) >= 11 is 0. The Kier molecular flexibility index (Phi) is 5.98. The van der Waals surface area contributed by atoms with Crippen LogP contribution >= 0.6 is 0 Å². The third-order valence-electron chi connectivity index (χ3n) is 3.84. The lowest BCUT2D eigenvalue weighted by Crippen LogP contribution is -2.08. The van der Waals surface area contributed by atoms with Crippen LogP contribution in [0, 0.1) is 5.82 Å². The van der Waals surface area contributed by atoms with Crippen LogP contribution in [0.4, 0.5) is 16.2 Å². The molecule has 0 atom stereocenters. The number of benzene rings is 2. The number of ether oxygens (including phenoxy) is 2. The van der Waals surface area contributed by atoms with Crippen LogP contribution in [0.5, 0.6) is 11.5 Å². The fourth-order valence-electron chi connectivity index (χ4n) is 2.43. The maximum atomic E-state index is 12.9. The predicted octanol–water partition coefficient (Wildman–Crippen LogP) is 3.25. The molecule has 0 spiro atoms. The molecule has 0 bridgehead atoms. The minimum absolute atomic E-state index is 0.260. The Hall–Kier alpha value is -3.42. The van der Waals surface area contributed by atoms with E-state index in [1.54, 1.807) is 26.4 Å². The quantitative estimate of drug-likeness (QED) is 0.631. The van der Waals surface area contributed by atoms with Gasteiger partial charge in [-0.15, -0.1) is 5.10 Å². The lowest BCUT2D eigenvalue weighted by molar-refractivity contribution is 0.354. The van der Waals surface area contributed by atoms with E-state index in [0.717, 1.165) is 11.1 Å². The lowest BCUT2D eigenvalue weighted by atomic mass is 10.2. The fraction of sp³-hybridized carbons (Fsp3) is 0.211. The smallest absolute Gasteiger partial charge is 0.244 e. The zero-order valence-corrected chi connectivity index (χ0v) is 15.1. The molecular weight excluding hydrogens is 349 g/mol. The van der Waals surface area contributed by atoms with Gasteiger partial charge < -0.3 is 20.1 Å². The maximum Gasteiger partial charge on any atom is 0.244 e. The summed E-state index contributed by atoms with van der Waals surface area (Å²) in [5.41, 5.74) is 1.93. The Bertz CT molecular complexity index is 890. The zero-order chi connectivity index (χ0) is 19.1. The predicted molar refractivity (Wildman–Crippen MR) is 100 cm³/mol.